The molecule has 0 atom stereocenters. The fraction of sp³-hybridized carbons (Fsp3) is 0.111. The summed E-state index contributed by atoms with van der Waals surface area (Å²) in [5, 5.41) is 4.23. The lowest BCUT2D eigenvalue weighted by atomic mass is 10.3. The van der Waals surface area contributed by atoms with E-state index in [9.17, 15) is 0 Å². The van der Waals surface area contributed by atoms with Crippen LogP contribution < -0.4 is 0 Å². The van der Waals surface area contributed by atoms with Gasteiger partial charge >= 0.3 is 0 Å². The molecule has 0 bridgehead atoms. The van der Waals surface area contributed by atoms with Crippen molar-refractivity contribution in [2.45, 2.75) is 4.90 Å². The van der Waals surface area contributed by atoms with Crippen molar-refractivity contribution in [1.82, 2.24) is 0 Å². The van der Waals surface area contributed by atoms with Crippen LogP contribution in [0.15, 0.2) is 26.9 Å². The van der Waals surface area contributed by atoms with Gasteiger partial charge in [0.2, 0.25) is 0 Å². The zero-order chi connectivity index (χ0) is 9.42. The molecule has 1 heterocycles. The van der Waals surface area contributed by atoms with Crippen molar-refractivity contribution in [3.05, 3.63) is 27.0 Å². The number of thioether (sulfide) groups is 1. The van der Waals surface area contributed by atoms with Crippen molar-refractivity contribution in [1.29, 1.82) is 0 Å². The van der Waals surface area contributed by atoms with E-state index in [4.69, 9.17) is 11.6 Å². The maximum atomic E-state index is 5.99. The molecule has 0 aliphatic carbocycles. The van der Waals surface area contributed by atoms with E-state index in [0.29, 0.717) is 0 Å². The van der Waals surface area contributed by atoms with E-state index < -0.39 is 0 Å². The molecule has 0 amide bonds. The molecule has 1 aromatic heterocycles. The summed E-state index contributed by atoms with van der Waals surface area (Å²) in [4.78, 5) is 1.32. The van der Waals surface area contributed by atoms with Gasteiger partial charge in [-0.05, 0) is 34.3 Å². The van der Waals surface area contributed by atoms with Gasteiger partial charge in [-0.1, -0.05) is 11.6 Å². The molecular weight excluding hydrogens is 288 g/mol. The van der Waals surface area contributed by atoms with E-state index in [1.54, 1.807) is 23.1 Å². The van der Waals surface area contributed by atoms with Crippen LogP contribution >= 0.6 is 50.6 Å². The molecule has 0 nitrogen and oxygen atoms in total. The minimum Gasteiger partial charge on any atom is -0.143 e. The molecule has 2 aromatic rings. The highest BCUT2D eigenvalue weighted by Crippen LogP contribution is 2.37. The molecule has 13 heavy (non-hydrogen) atoms. The smallest absolute Gasteiger partial charge is 0.0562 e. The third-order valence-corrected chi connectivity index (χ3v) is 4.87. The number of hydrogen-bond donors (Lipinski definition) is 0. The summed E-state index contributed by atoms with van der Waals surface area (Å²) in [6, 6.07) is 4.09. The number of fused-ring (bicyclic) bond motifs is 1. The minimum atomic E-state index is 0.780. The topological polar surface area (TPSA) is 0 Å². The van der Waals surface area contributed by atoms with Crippen molar-refractivity contribution in [3.8, 4) is 0 Å². The summed E-state index contributed by atoms with van der Waals surface area (Å²) in [5.41, 5.74) is 0. The van der Waals surface area contributed by atoms with Crippen LogP contribution in [0.25, 0.3) is 10.1 Å². The average Bonchev–Trinajstić information content (AvgIpc) is 2.48. The minimum absolute atomic E-state index is 0.780. The van der Waals surface area contributed by atoms with Gasteiger partial charge < -0.3 is 0 Å². The lowest BCUT2D eigenvalue weighted by Gasteiger charge is -1.97. The Labute approximate surface area is 98.4 Å². The Hall–Kier alpha value is 0.300. The first-order chi connectivity index (χ1) is 6.22. The number of halogens is 2. The highest BCUT2D eigenvalue weighted by molar-refractivity contribution is 9.10. The van der Waals surface area contributed by atoms with E-state index in [2.05, 4.69) is 33.6 Å². The van der Waals surface area contributed by atoms with Crippen molar-refractivity contribution in [2.75, 3.05) is 6.26 Å². The van der Waals surface area contributed by atoms with Crippen LogP contribution in [0.5, 0.6) is 0 Å². The van der Waals surface area contributed by atoms with Gasteiger partial charge in [0.15, 0.2) is 0 Å². The normalized spacial score (nSPS) is 11.0. The summed E-state index contributed by atoms with van der Waals surface area (Å²) in [6.45, 7) is 0. The molecular formula is C9H6BrClS2. The summed E-state index contributed by atoms with van der Waals surface area (Å²) in [5.74, 6) is 0. The first-order valence-corrected chi connectivity index (χ1v) is 6.90. The molecule has 0 saturated heterocycles. The molecule has 0 aliphatic rings. The van der Waals surface area contributed by atoms with Crippen LogP contribution in [0.4, 0.5) is 0 Å². The first-order valence-electron chi connectivity index (χ1n) is 3.62. The van der Waals surface area contributed by atoms with Crippen molar-refractivity contribution in [3.63, 3.8) is 0 Å². The maximum Gasteiger partial charge on any atom is 0.0562 e. The summed E-state index contributed by atoms with van der Waals surface area (Å²) in [6.07, 6.45) is 2.09. The molecule has 0 saturated carbocycles. The average molecular weight is 294 g/mol. The molecule has 4 heteroatoms. The highest BCUT2D eigenvalue weighted by atomic mass is 79.9. The quantitative estimate of drug-likeness (QED) is 0.664. The second-order valence-corrected chi connectivity index (χ2v) is 5.59. The first kappa shape index (κ1) is 9.84. The van der Waals surface area contributed by atoms with Gasteiger partial charge in [0.25, 0.3) is 0 Å². The molecule has 0 spiro atoms. The van der Waals surface area contributed by atoms with Crippen LogP contribution in [0, 0.1) is 0 Å². The molecule has 0 unspecified atom stereocenters. The van der Waals surface area contributed by atoms with Gasteiger partial charge in [0.1, 0.15) is 0 Å². The van der Waals surface area contributed by atoms with Crippen molar-refractivity contribution < 1.29 is 0 Å². The van der Waals surface area contributed by atoms with Crippen LogP contribution in [0.1, 0.15) is 0 Å². The van der Waals surface area contributed by atoms with Gasteiger partial charge in [-0.2, -0.15) is 0 Å². The Morgan fingerprint density at radius 3 is 2.92 bits per heavy atom. The predicted octanol–water partition coefficient (Wildman–Crippen LogP) is 5.04. The second kappa shape index (κ2) is 3.81. The number of benzene rings is 1. The zero-order valence-electron chi connectivity index (χ0n) is 6.80. The van der Waals surface area contributed by atoms with Crippen LogP contribution in [0.3, 0.4) is 0 Å². The van der Waals surface area contributed by atoms with Crippen LogP contribution in [0.2, 0.25) is 5.02 Å². The second-order valence-electron chi connectivity index (χ2n) is 2.57. The summed E-state index contributed by atoms with van der Waals surface area (Å²) in [7, 11) is 0. The number of hydrogen-bond acceptors (Lipinski definition) is 2. The summed E-state index contributed by atoms with van der Waals surface area (Å²) < 4.78 is 2.22. The third-order valence-electron chi connectivity index (χ3n) is 1.80. The van der Waals surface area contributed by atoms with Crippen LogP contribution in [-0.2, 0) is 0 Å². The van der Waals surface area contributed by atoms with E-state index in [0.717, 1.165) is 9.50 Å². The fourth-order valence-corrected chi connectivity index (χ4v) is 3.55. The zero-order valence-corrected chi connectivity index (χ0v) is 10.8. The van der Waals surface area contributed by atoms with Crippen molar-refractivity contribution >= 4 is 60.7 Å². The monoisotopic (exact) mass is 292 g/mol. The molecule has 68 valence electrons. The van der Waals surface area contributed by atoms with Gasteiger partial charge in [0, 0.05) is 24.8 Å². The molecule has 0 aliphatic heterocycles. The molecule has 1 aromatic carbocycles. The Bertz CT molecular complexity index is 450. The standard InChI is InChI=1S/C9H6BrClS2/c1-12-9-4-13-8-3-7(11)6(10)2-5(8)9/h2-4H,1H3. The Balaban J connectivity index is 2.77. The predicted molar refractivity (Wildman–Crippen MR) is 66.3 cm³/mol. The molecule has 2 rings (SSSR count). The van der Waals surface area contributed by atoms with E-state index in [1.165, 1.54) is 15.0 Å². The summed E-state index contributed by atoms with van der Waals surface area (Å²) >= 11 is 12.9. The Morgan fingerprint density at radius 1 is 1.46 bits per heavy atom. The SMILES string of the molecule is CSc1csc2cc(Cl)c(Br)cc12. The molecule has 0 fully saturated rings. The third kappa shape index (κ3) is 1.75. The van der Waals surface area contributed by atoms with Gasteiger partial charge in [-0.15, -0.1) is 23.1 Å². The van der Waals surface area contributed by atoms with Gasteiger partial charge in [-0.3, -0.25) is 0 Å². The number of rotatable bonds is 1. The van der Waals surface area contributed by atoms with Crippen molar-refractivity contribution in [2.24, 2.45) is 0 Å². The fourth-order valence-electron chi connectivity index (χ4n) is 1.16. The maximum absolute atomic E-state index is 5.99. The van der Waals surface area contributed by atoms with E-state index in [1.807, 2.05) is 6.07 Å². The number of thiophene rings is 1. The van der Waals surface area contributed by atoms with E-state index in [-0.39, 0.29) is 0 Å². The van der Waals surface area contributed by atoms with Crippen LogP contribution in [-0.4, -0.2) is 6.26 Å². The largest absolute Gasteiger partial charge is 0.143 e. The lowest BCUT2D eigenvalue weighted by molar-refractivity contribution is 1.64. The van der Waals surface area contributed by atoms with Gasteiger partial charge in [-0.25, -0.2) is 0 Å². The lowest BCUT2D eigenvalue weighted by Crippen LogP contribution is -1.70. The molecule has 0 N–H and O–H groups in total. The Morgan fingerprint density at radius 2 is 2.23 bits per heavy atom. The van der Waals surface area contributed by atoms with Gasteiger partial charge in [0.05, 0.1) is 5.02 Å². The molecule has 0 radical (unpaired) electrons. The van der Waals surface area contributed by atoms with E-state index >= 15 is 0 Å². The highest BCUT2D eigenvalue weighted by Gasteiger charge is 2.06. The Kier molecular flexibility index (Phi) is 2.88.